The van der Waals surface area contributed by atoms with Crippen LogP contribution < -0.4 is 0 Å². The number of amides is 1. The molecule has 0 spiro atoms. The molecule has 0 unspecified atom stereocenters. The van der Waals surface area contributed by atoms with Crippen molar-refractivity contribution in [1.82, 2.24) is 4.90 Å². The lowest BCUT2D eigenvalue weighted by molar-refractivity contribution is -0.130. The predicted octanol–water partition coefficient (Wildman–Crippen LogP) is 5.94. The molecule has 26 heavy (non-hydrogen) atoms. The summed E-state index contributed by atoms with van der Waals surface area (Å²) in [6, 6.07) is 10.3. The Morgan fingerprint density at radius 3 is 2.23 bits per heavy atom. The monoisotopic (exact) mass is 375 g/mol. The maximum absolute atomic E-state index is 12.5. The maximum atomic E-state index is 12.5. The lowest BCUT2D eigenvalue weighted by atomic mass is 9.76. The van der Waals surface area contributed by atoms with E-state index in [2.05, 4.69) is 51.7 Å². The number of carbonyl (C=O) groups excluding carboxylic acids is 1. The summed E-state index contributed by atoms with van der Waals surface area (Å²) in [4.78, 5) is 14.2. The molecule has 4 heteroatoms. The van der Waals surface area contributed by atoms with Gasteiger partial charge in [0.2, 0.25) is 14.2 Å². The van der Waals surface area contributed by atoms with Gasteiger partial charge in [-0.1, -0.05) is 57.0 Å². The van der Waals surface area contributed by atoms with Crippen LogP contribution in [0.25, 0.3) is 5.76 Å². The summed E-state index contributed by atoms with van der Waals surface area (Å²) in [7, 11) is 1.90. The third kappa shape index (κ3) is 7.36. The van der Waals surface area contributed by atoms with Gasteiger partial charge in [0.1, 0.15) is 5.76 Å². The SMILES string of the molecule is CCCC[C@@](/C=C(\O[Si](C)(C)C)c1ccccc1)(CC)CC(=O)N(C)C. The molecular formula is C22H37NO2Si. The Morgan fingerprint density at radius 1 is 1.15 bits per heavy atom. The summed E-state index contributed by atoms with van der Waals surface area (Å²) in [6.07, 6.45) is 6.96. The summed E-state index contributed by atoms with van der Waals surface area (Å²) in [5, 5.41) is 0. The highest BCUT2D eigenvalue weighted by Crippen LogP contribution is 2.38. The molecule has 0 aliphatic rings. The van der Waals surface area contributed by atoms with E-state index >= 15 is 0 Å². The number of benzene rings is 1. The fourth-order valence-corrected chi connectivity index (χ4v) is 3.82. The minimum atomic E-state index is -1.77. The highest BCUT2D eigenvalue weighted by Gasteiger charge is 2.31. The number of allylic oxidation sites excluding steroid dienone is 1. The first-order valence-electron chi connectivity index (χ1n) is 9.80. The Bertz CT molecular complexity index is 590. The summed E-state index contributed by atoms with van der Waals surface area (Å²) in [5.41, 5.74) is 0.934. The normalized spacial score (nSPS) is 14.7. The van der Waals surface area contributed by atoms with Gasteiger partial charge in [0.05, 0.1) is 0 Å². The van der Waals surface area contributed by atoms with Crippen molar-refractivity contribution in [2.75, 3.05) is 14.1 Å². The molecule has 0 aromatic heterocycles. The van der Waals surface area contributed by atoms with E-state index in [0.29, 0.717) is 6.42 Å². The van der Waals surface area contributed by atoms with Crippen LogP contribution in [0.5, 0.6) is 0 Å². The highest BCUT2D eigenvalue weighted by molar-refractivity contribution is 6.70. The molecule has 0 fully saturated rings. The van der Waals surface area contributed by atoms with Crippen LogP contribution in [0, 0.1) is 5.41 Å². The van der Waals surface area contributed by atoms with Crippen LogP contribution in [0.3, 0.4) is 0 Å². The number of nitrogens with zero attached hydrogens (tertiary/aromatic N) is 1. The molecule has 0 heterocycles. The minimum absolute atomic E-state index is 0.164. The molecule has 0 bridgehead atoms. The zero-order valence-corrected chi connectivity index (χ0v) is 18.8. The van der Waals surface area contributed by atoms with Gasteiger partial charge in [-0.2, -0.15) is 0 Å². The topological polar surface area (TPSA) is 29.5 Å². The molecule has 1 aromatic rings. The zero-order valence-electron chi connectivity index (χ0n) is 17.8. The Hall–Kier alpha value is -1.55. The Labute approximate surface area is 161 Å². The molecule has 1 atom stereocenters. The molecule has 3 nitrogen and oxygen atoms in total. The molecule has 0 saturated carbocycles. The Balaban J connectivity index is 3.38. The molecule has 1 aromatic carbocycles. The molecule has 0 saturated heterocycles. The summed E-state index contributed by atoms with van der Waals surface area (Å²) in [6.45, 7) is 11.0. The zero-order chi connectivity index (χ0) is 19.8. The molecule has 0 aliphatic carbocycles. The fourth-order valence-electron chi connectivity index (χ4n) is 2.99. The van der Waals surface area contributed by atoms with Crippen LogP contribution in [-0.4, -0.2) is 33.2 Å². The standard InChI is InChI=1S/C22H37NO2Si/c1-8-10-16-22(9-2,18-21(24)23(3)4)17-20(25-26(5,6)7)19-14-12-11-13-15-19/h11-15,17H,8-10,16,18H2,1-7H3/b20-17-/t22-/m1/s1. The third-order valence-electron chi connectivity index (χ3n) is 4.65. The van der Waals surface area contributed by atoms with Gasteiger partial charge in [-0.3, -0.25) is 4.79 Å². The van der Waals surface area contributed by atoms with Gasteiger partial charge >= 0.3 is 0 Å². The lowest BCUT2D eigenvalue weighted by Crippen LogP contribution is -2.31. The summed E-state index contributed by atoms with van der Waals surface area (Å²) >= 11 is 0. The lowest BCUT2D eigenvalue weighted by Gasteiger charge is -2.33. The first-order valence-corrected chi connectivity index (χ1v) is 13.2. The van der Waals surface area contributed by atoms with E-state index in [1.165, 1.54) is 0 Å². The largest absolute Gasteiger partial charge is 0.544 e. The number of hydrogen-bond donors (Lipinski definition) is 0. The summed E-state index contributed by atoms with van der Waals surface area (Å²) in [5.74, 6) is 1.12. The predicted molar refractivity (Wildman–Crippen MR) is 114 cm³/mol. The van der Waals surface area contributed by atoms with Crippen LogP contribution in [0.15, 0.2) is 36.4 Å². The number of rotatable bonds is 10. The molecule has 1 amide bonds. The minimum Gasteiger partial charge on any atom is -0.544 e. The quantitative estimate of drug-likeness (QED) is 0.374. The second kappa shape index (κ2) is 9.96. The van der Waals surface area contributed by atoms with Crippen molar-refractivity contribution in [2.45, 2.75) is 65.6 Å². The number of carbonyl (C=O) groups is 1. The van der Waals surface area contributed by atoms with E-state index in [9.17, 15) is 4.79 Å². The second-order valence-corrected chi connectivity index (χ2v) is 12.8. The van der Waals surface area contributed by atoms with Gasteiger partial charge in [0.25, 0.3) is 0 Å². The van der Waals surface area contributed by atoms with E-state index in [1.54, 1.807) is 4.90 Å². The van der Waals surface area contributed by atoms with Crippen molar-refractivity contribution < 1.29 is 9.22 Å². The average Bonchev–Trinajstić information content (AvgIpc) is 2.58. The van der Waals surface area contributed by atoms with Gasteiger partial charge < -0.3 is 9.33 Å². The van der Waals surface area contributed by atoms with Crippen molar-refractivity contribution >= 4 is 20.0 Å². The van der Waals surface area contributed by atoms with Gasteiger partial charge in [0.15, 0.2) is 0 Å². The van der Waals surface area contributed by atoms with E-state index in [0.717, 1.165) is 37.0 Å². The highest BCUT2D eigenvalue weighted by atomic mass is 28.4. The van der Waals surface area contributed by atoms with Crippen molar-refractivity contribution in [2.24, 2.45) is 5.41 Å². The first kappa shape index (κ1) is 22.5. The van der Waals surface area contributed by atoms with Crippen LogP contribution in [0.1, 0.15) is 51.5 Å². The van der Waals surface area contributed by atoms with Crippen molar-refractivity contribution in [1.29, 1.82) is 0 Å². The fraction of sp³-hybridized carbons (Fsp3) is 0.591. The van der Waals surface area contributed by atoms with Gasteiger partial charge in [0, 0.05) is 31.5 Å². The molecule has 0 radical (unpaired) electrons. The number of unbranched alkanes of at least 4 members (excludes halogenated alkanes) is 1. The van der Waals surface area contributed by atoms with E-state index in [1.807, 2.05) is 32.3 Å². The van der Waals surface area contributed by atoms with E-state index in [4.69, 9.17) is 4.43 Å². The molecule has 0 N–H and O–H groups in total. The van der Waals surface area contributed by atoms with Crippen LogP contribution in [-0.2, 0) is 9.22 Å². The van der Waals surface area contributed by atoms with E-state index < -0.39 is 8.32 Å². The molecule has 1 rings (SSSR count). The smallest absolute Gasteiger partial charge is 0.242 e. The first-order chi connectivity index (χ1) is 12.1. The van der Waals surface area contributed by atoms with Crippen LogP contribution in [0.2, 0.25) is 19.6 Å². The Morgan fingerprint density at radius 2 is 1.77 bits per heavy atom. The average molecular weight is 376 g/mol. The summed E-state index contributed by atoms with van der Waals surface area (Å²) < 4.78 is 6.48. The van der Waals surface area contributed by atoms with Crippen molar-refractivity contribution in [3.8, 4) is 0 Å². The maximum Gasteiger partial charge on any atom is 0.242 e. The van der Waals surface area contributed by atoms with Crippen LogP contribution in [0.4, 0.5) is 0 Å². The van der Waals surface area contributed by atoms with Crippen LogP contribution >= 0.6 is 0 Å². The van der Waals surface area contributed by atoms with Crippen molar-refractivity contribution in [3.63, 3.8) is 0 Å². The number of hydrogen-bond acceptors (Lipinski definition) is 2. The molecule has 0 aliphatic heterocycles. The second-order valence-electron chi connectivity index (χ2n) is 8.37. The third-order valence-corrected chi connectivity index (χ3v) is 5.48. The van der Waals surface area contributed by atoms with Crippen molar-refractivity contribution in [3.05, 3.63) is 42.0 Å². The van der Waals surface area contributed by atoms with E-state index in [-0.39, 0.29) is 11.3 Å². The Kier molecular flexibility index (Phi) is 8.61. The van der Waals surface area contributed by atoms with Gasteiger partial charge in [-0.15, -0.1) is 0 Å². The van der Waals surface area contributed by atoms with Gasteiger partial charge in [-0.05, 0) is 38.6 Å². The molecule has 146 valence electrons. The molecular weight excluding hydrogens is 338 g/mol. The van der Waals surface area contributed by atoms with Gasteiger partial charge in [-0.25, -0.2) is 0 Å².